The number of rotatable bonds is 6. The predicted octanol–water partition coefficient (Wildman–Crippen LogP) is 4.08. The summed E-state index contributed by atoms with van der Waals surface area (Å²) < 4.78 is 27.1. The number of piperidine rings is 1. The smallest absolute Gasteiger partial charge is 0.228 e. The van der Waals surface area contributed by atoms with Gasteiger partial charge < -0.3 is 5.32 Å². The topological polar surface area (TPSA) is 66.5 Å². The molecular formula is C21H25ClN2O3S. The van der Waals surface area contributed by atoms with Crippen LogP contribution in [0.25, 0.3) is 0 Å². The van der Waals surface area contributed by atoms with Crippen molar-refractivity contribution in [3.05, 3.63) is 64.7 Å². The fourth-order valence-electron chi connectivity index (χ4n) is 3.52. The van der Waals surface area contributed by atoms with Gasteiger partial charge in [0.25, 0.3) is 0 Å². The standard InChI is InChI=1S/C21H25ClN2O3S/c1-2-17-8-3-4-11-20(17)23-21(25)18-9-6-12-24(14-18)28(26,27)15-16-7-5-10-19(22)13-16/h3-5,7-8,10-11,13,18H,2,6,9,12,14-15H2,1H3,(H,23,25)/t18-/m0/s1. The third-order valence-electron chi connectivity index (χ3n) is 5.04. The number of carbonyl (C=O) groups excluding carboxylic acids is 1. The summed E-state index contributed by atoms with van der Waals surface area (Å²) in [7, 11) is -3.51. The normalized spacial score (nSPS) is 18.0. The summed E-state index contributed by atoms with van der Waals surface area (Å²) in [6.45, 7) is 2.69. The largest absolute Gasteiger partial charge is 0.326 e. The van der Waals surface area contributed by atoms with E-state index >= 15 is 0 Å². The Morgan fingerprint density at radius 1 is 1.21 bits per heavy atom. The number of nitrogens with one attached hydrogen (secondary N) is 1. The van der Waals surface area contributed by atoms with Gasteiger partial charge >= 0.3 is 0 Å². The molecule has 7 heteroatoms. The first-order valence-corrected chi connectivity index (χ1v) is 11.5. The number of halogens is 1. The SMILES string of the molecule is CCc1ccccc1NC(=O)[C@H]1CCCN(S(=O)(=O)Cc2cccc(Cl)c2)C1. The molecule has 0 saturated carbocycles. The van der Waals surface area contributed by atoms with E-state index in [1.54, 1.807) is 24.3 Å². The number of amides is 1. The number of carbonyl (C=O) groups is 1. The van der Waals surface area contributed by atoms with E-state index in [1.165, 1.54) is 4.31 Å². The van der Waals surface area contributed by atoms with Gasteiger partial charge in [-0.15, -0.1) is 0 Å². The van der Waals surface area contributed by atoms with Crippen LogP contribution < -0.4 is 5.32 Å². The number of sulfonamides is 1. The summed E-state index contributed by atoms with van der Waals surface area (Å²) in [5, 5.41) is 3.49. The number of nitrogens with zero attached hydrogens (tertiary/aromatic N) is 1. The van der Waals surface area contributed by atoms with Crippen LogP contribution in [0, 0.1) is 5.92 Å². The van der Waals surface area contributed by atoms with Gasteiger partial charge in [-0.2, -0.15) is 0 Å². The molecule has 0 spiro atoms. The third-order valence-corrected chi connectivity index (χ3v) is 7.09. The lowest BCUT2D eigenvalue weighted by atomic mass is 9.98. The summed E-state index contributed by atoms with van der Waals surface area (Å²) in [4.78, 5) is 12.8. The van der Waals surface area contributed by atoms with Gasteiger partial charge in [-0.05, 0) is 48.6 Å². The fraction of sp³-hybridized carbons (Fsp3) is 0.381. The second kappa shape index (κ2) is 9.07. The highest BCUT2D eigenvalue weighted by molar-refractivity contribution is 7.88. The van der Waals surface area contributed by atoms with Crippen LogP contribution in [0.1, 0.15) is 30.9 Å². The van der Waals surface area contributed by atoms with E-state index in [-0.39, 0.29) is 24.1 Å². The first-order chi connectivity index (χ1) is 13.4. The van der Waals surface area contributed by atoms with Crippen molar-refractivity contribution < 1.29 is 13.2 Å². The Morgan fingerprint density at radius 2 is 2.00 bits per heavy atom. The van der Waals surface area contributed by atoms with Gasteiger partial charge in [-0.1, -0.05) is 48.9 Å². The Labute approximate surface area is 171 Å². The minimum Gasteiger partial charge on any atom is -0.326 e. The average Bonchev–Trinajstić information content (AvgIpc) is 2.68. The zero-order valence-corrected chi connectivity index (χ0v) is 17.5. The molecule has 1 N–H and O–H groups in total. The number of benzene rings is 2. The highest BCUT2D eigenvalue weighted by Gasteiger charge is 2.32. The second-order valence-corrected chi connectivity index (χ2v) is 9.49. The Morgan fingerprint density at radius 3 is 2.75 bits per heavy atom. The highest BCUT2D eigenvalue weighted by Crippen LogP contribution is 2.24. The van der Waals surface area contributed by atoms with Crippen molar-refractivity contribution in [2.45, 2.75) is 31.9 Å². The van der Waals surface area contributed by atoms with Crippen LogP contribution in [-0.4, -0.2) is 31.7 Å². The van der Waals surface area contributed by atoms with Gasteiger partial charge in [0.2, 0.25) is 15.9 Å². The molecule has 28 heavy (non-hydrogen) atoms. The Hall–Kier alpha value is -1.89. The number of para-hydroxylation sites is 1. The number of aryl methyl sites for hydroxylation is 1. The van der Waals surface area contributed by atoms with Gasteiger partial charge in [-0.25, -0.2) is 12.7 Å². The summed E-state index contributed by atoms with van der Waals surface area (Å²) in [6.07, 6.45) is 2.17. The second-order valence-electron chi connectivity index (χ2n) is 7.08. The molecule has 1 fully saturated rings. The van der Waals surface area contributed by atoms with Gasteiger partial charge in [0.15, 0.2) is 0 Å². The quantitative estimate of drug-likeness (QED) is 0.765. The summed E-state index contributed by atoms with van der Waals surface area (Å²) >= 11 is 5.96. The molecule has 0 aromatic heterocycles. The van der Waals surface area contributed by atoms with Crippen molar-refractivity contribution in [3.8, 4) is 0 Å². The van der Waals surface area contributed by atoms with Crippen molar-refractivity contribution >= 4 is 33.2 Å². The Bertz CT molecular complexity index is 946. The highest BCUT2D eigenvalue weighted by atomic mass is 35.5. The number of anilines is 1. The van der Waals surface area contributed by atoms with E-state index in [0.717, 1.165) is 17.7 Å². The lowest BCUT2D eigenvalue weighted by Crippen LogP contribution is -2.44. The van der Waals surface area contributed by atoms with Crippen LogP contribution in [0.4, 0.5) is 5.69 Å². The van der Waals surface area contributed by atoms with E-state index in [2.05, 4.69) is 5.32 Å². The molecule has 1 aliphatic rings. The molecule has 2 aromatic rings. The van der Waals surface area contributed by atoms with Gasteiger partial charge in [0.1, 0.15) is 0 Å². The molecule has 1 aliphatic heterocycles. The molecule has 1 amide bonds. The zero-order valence-electron chi connectivity index (χ0n) is 15.9. The monoisotopic (exact) mass is 420 g/mol. The van der Waals surface area contributed by atoms with E-state index in [9.17, 15) is 13.2 Å². The predicted molar refractivity (Wildman–Crippen MR) is 113 cm³/mol. The Kier molecular flexibility index (Phi) is 6.75. The van der Waals surface area contributed by atoms with Crippen molar-refractivity contribution in [1.29, 1.82) is 0 Å². The maximum atomic E-state index is 12.8. The van der Waals surface area contributed by atoms with E-state index < -0.39 is 10.0 Å². The summed E-state index contributed by atoms with van der Waals surface area (Å²) in [5.41, 5.74) is 2.52. The van der Waals surface area contributed by atoms with Crippen LogP contribution >= 0.6 is 11.6 Å². The van der Waals surface area contributed by atoms with Crippen LogP contribution in [0.3, 0.4) is 0 Å². The van der Waals surface area contributed by atoms with Crippen molar-refractivity contribution in [3.63, 3.8) is 0 Å². The Balaban J connectivity index is 1.68. The van der Waals surface area contributed by atoms with Gasteiger partial charge in [0.05, 0.1) is 11.7 Å². The molecule has 2 aromatic carbocycles. The summed E-state index contributed by atoms with van der Waals surface area (Å²) in [5.74, 6) is -0.586. The fourth-order valence-corrected chi connectivity index (χ4v) is 5.33. The van der Waals surface area contributed by atoms with Crippen LogP contribution in [-0.2, 0) is 27.0 Å². The minimum absolute atomic E-state index is 0.111. The molecular weight excluding hydrogens is 396 g/mol. The molecule has 1 atom stereocenters. The molecule has 3 rings (SSSR count). The van der Waals surface area contributed by atoms with E-state index in [0.29, 0.717) is 30.0 Å². The molecule has 1 heterocycles. The van der Waals surface area contributed by atoms with Crippen LogP contribution in [0.5, 0.6) is 0 Å². The van der Waals surface area contributed by atoms with Crippen LogP contribution in [0.15, 0.2) is 48.5 Å². The maximum absolute atomic E-state index is 12.8. The molecule has 0 aliphatic carbocycles. The van der Waals surface area contributed by atoms with E-state index in [4.69, 9.17) is 11.6 Å². The van der Waals surface area contributed by atoms with E-state index in [1.807, 2.05) is 31.2 Å². The van der Waals surface area contributed by atoms with Gasteiger partial charge in [0, 0.05) is 23.8 Å². The van der Waals surface area contributed by atoms with Crippen molar-refractivity contribution in [2.24, 2.45) is 5.92 Å². The summed E-state index contributed by atoms with van der Waals surface area (Å²) in [6, 6.07) is 14.6. The molecule has 1 saturated heterocycles. The first-order valence-electron chi connectivity index (χ1n) is 9.50. The lowest BCUT2D eigenvalue weighted by Gasteiger charge is -2.31. The molecule has 0 unspecified atom stereocenters. The average molecular weight is 421 g/mol. The van der Waals surface area contributed by atoms with Crippen molar-refractivity contribution in [2.75, 3.05) is 18.4 Å². The molecule has 0 bridgehead atoms. The number of hydrogen-bond donors (Lipinski definition) is 1. The minimum atomic E-state index is -3.51. The van der Waals surface area contributed by atoms with Crippen molar-refractivity contribution in [1.82, 2.24) is 4.31 Å². The molecule has 5 nitrogen and oxygen atoms in total. The third kappa shape index (κ3) is 5.13. The zero-order chi connectivity index (χ0) is 20.1. The molecule has 0 radical (unpaired) electrons. The van der Waals surface area contributed by atoms with Crippen LogP contribution in [0.2, 0.25) is 5.02 Å². The maximum Gasteiger partial charge on any atom is 0.228 e. The van der Waals surface area contributed by atoms with Gasteiger partial charge in [-0.3, -0.25) is 4.79 Å². The number of hydrogen-bond acceptors (Lipinski definition) is 3. The molecule has 150 valence electrons. The first kappa shape index (κ1) is 20.8. The lowest BCUT2D eigenvalue weighted by molar-refractivity contribution is -0.120.